The van der Waals surface area contributed by atoms with Gasteiger partial charge in [0.1, 0.15) is 0 Å². The van der Waals surface area contributed by atoms with E-state index >= 15 is 0 Å². The summed E-state index contributed by atoms with van der Waals surface area (Å²) in [6.45, 7) is 0. The molecule has 1 aromatic heterocycles. The lowest BCUT2D eigenvalue weighted by Gasteiger charge is -2.13. The summed E-state index contributed by atoms with van der Waals surface area (Å²) < 4.78 is 17.8. The number of H-pyrrole nitrogens is 1. The van der Waals surface area contributed by atoms with Crippen molar-refractivity contribution in [2.75, 3.05) is 21.3 Å². The van der Waals surface area contributed by atoms with Crippen molar-refractivity contribution in [3.05, 3.63) is 40.7 Å². The Balaban J connectivity index is 2.07. The fourth-order valence-electron chi connectivity index (χ4n) is 2.54. The summed E-state index contributed by atoms with van der Waals surface area (Å²) >= 11 is 5.26. The van der Waals surface area contributed by atoms with Crippen LogP contribution in [0.4, 0.5) is 0 Å². The van der Waals surface area contributed by atoms with Crippen molar-refractivity contribution in [3.63, 3.8) is 0 Å². The molecule has 0 aliphatic heterocycles. The Morgan fingerprint density at radius 1 is 1.04 bits per heavy atom. The average molecular weight is 402 g/mol. The molecule has 0 aliphatic carbocycles. The Hall–Kier alpha value is -3.53. The average Bonchev–Trinajstić information content (AvgIpc) is 3.08. The van der Waals surface area contributed by atoms with Gasteiger partial charge in [0.2, 0.25) is 10.5 Å². The molecule has 0 unspecified atom stereocenters. The van der Waals surface area contributed by atoms with E-state index in [1.165, 1.54) is 44.4 Å². The normalized spacial score (nSPS) is 11.0. The first-order valence-electron chi connectivity index (χ1n) is 8.02. The number of rotatable bonds is 6. The van der Waals surface area contributed by atoms with Crippen molar-refractivity contribution in [2.45, 2.75) is 0 Å². The Labute approximate surface area is 165 Å². The summed E-state index contributed by atoms with van der Waals surface area (Å²) in [5.41, 5.74) is 1.20. The van der Waals surface area contributed by atoms with E-state index in [1.807, 2.05) is 0 Å². The molecule has 0 radical (unpaired) electrons. The van der Waals surface area contributed by atoms with Gasteiger partial charge in [-0.3, -0.25) is 0 Å². The molecule has 0 saturated carbocycles. The molecule has 0 aliphatic rings. The Morgan fingerprint density at radius 3 is 2.29 bits per heavy atom. The summed E-state index contributed by atoms with van der Waals surface area (Å²) in [5.74, 6) is 1.34. The van der Waals surface area contributed by atoms with E-state index in [-0.39, 0.29) is 16.3 Å². The van der Waals surface area contributed by atoms with Crippen molar-refractivity contribution in [2.24, 2.45) is 5.10 Å². The number of hydrogen-bond acceptors (Lipinski definition) is 8. The Kier molecular flexibility index (Phi) is 5.50. The van der Waals surface area contributed by atoms with Crippen LogP contribution in [0.3, 0.4) is 0 Å². The van der Waals surface area contributed by atoms with Gasteiger partial charge in [-0.05, 0) is 48.1 Å². The number of methoxy groups -OCH3 is 3. The molecular formula is C18H18N4O5S. The minimum atomic E-state index is -0.246. The van der Waals surface area contributed by atoms with Gasteiger partial charge in [0.15, 0.2) is 28.8 Å². The predicted octanol–water partition coefficient (Wildman–Crippen LogP) is 2.93. The number of aromatic nitrogens is 3. The van der Waals surface area contributed by atoms with Crippen LogP contribution in [0.2, 0.25) is 0 Å². The van der Waals surface area contributed by atoms with E-state index in [9.17, 15) is 10.2 Å². The van der Waals surface area contributed by atoms with Crippen molar-refractivity contribution in [1.29, 1.82) is 0 Å². The number of aromatic hydroxyl groups is 2. The SMILES string of the molecule is COc1cc(-c2n[nH]c(=S)n2/N=C/c2ccc(O)c(O)c2)cc(OC)c1OC. The van der Waals surface area contributed by atoms with Crippen molar-refractivity contribution in [1.82, 2.24) is 14.9 Å². The second-order valence-corrected chi connectivity index (χ2v) is 5.96. The highest BCUT2D eigenvalue weighted by Crippen LogP contribution is 2.40. The number of benzene rings is 2. The summed E-state index contributed by atoms with van der Waals surface area (Å²) in [7, 11) is 4.56. The van der Waals surface area contributed by atoms with Crippen molar-refractivity contribution < 1.29 is 24.4 Å². The molecular weight excluding hydrogens is 384 g/mol. The van der Waals surface area contributed by atoms with Gasteiger partial charge in [0, 0.05) is 5.56 Å². The minimum Gasteiger partial charge on any atom is -0.504 e. The van der Waals surface area contributed by atoms with E-state index < -0.39 is 0 Å². The maximum absolute atomic E-state index is 9.61. The zero-order valence-corrected chi connectivity index (χ0v) is 16.1. The third kappa shape index (κ3) is 3.62. The van der Waals surface area contributed by atoms with Crippen molar-refractivity contribution >= 4 is 18.4 Å². The molecule has 3 N–H and O–H groups in total. The smallest absolute Gasteiger partial charge is 0.216 e. The first kappa shape index (κ1) is 19.2. The summed E-state index contributed by atoms with van der Waals surface area (Å²) in [6, 6.07) is 7.80. The maximum atomic E-state index is 9.61. The quantitative estimate of drug-likeness (QED) is 0.330. The standard InChI is InChI=1S/C18H18N4O5S/c1-25-14-7-11(8-15(26-2)16(14)27-3)17-20-21-18(28)22(17)19-9-10-4-5-12(23)13(24)6-10/h4-9,23-24H,1-3H3,(H,21,28)/b19-9+. The largest absolute Gasteiger partial charge is 0.504 e. The summed E-state index contributed by atoms with van der Waals surface area (Å²) in [6.07, 6.45) is 1.48. The van der Waals surface area contributed by atoms with E-state index in [1.54, 1.807) is 18.2 Å². The van der Waals surface area contributed by atoms with Crippen molar-refractivity contribution in [3.8, 4) is 40.1 Å². The molecule has 0 bridgehead atoms. The highest BCUT2D eigenvalue weighted by atomic mass is 32.1. The first-order chi connectivity index (χ1) is 13.5. The van der Waals surface area contributed by atoms with Crippen LogP contribution in [0.5, 0.6) is 28.7 Å². The number of hydrogen-bond donors (Lipinski definition) is 3. The highest BCUT2D eigenvalue weighted by Gasteiger charge is 2.17. The topological polar surface area (TPSA) is 114 Å². The lowest BCUT2D eigenvalue weighted by atomic mass is 10.1. The Morgan fingerprint density at radius 2 is 1.71 bits per heavy atom. The lowest BCUT2D eigenvalue weighted by molar-refractivity contribution is 0.324. The van der Waals surface area contributed by atoms with Crippen LogP contribution in [-0.2, 0) is 0 Å². The number of phenols is 2. The summed E-state index contributed by atoms with van der Waals surface area (Å²) in [5, 5.41) is 30.3. The van der Waals surface area contributed by atoms with Gasteiger partial charge in [-0.25, -0.2) is 5.10 Å². The van der Waals surface area contributed by atoms with Gasteiger partial charge < -0.3 is 24.4 Å². The maximum Gasteiger partial charge on any atom is 0.216 e. The van der Waals surface area contributed by atoms with Gasteiger partial charge in [-0.2, -0.15) is 14.9 Å². The number of aromatic amines is 1. The third-order valence-corrected chi connectivity index (χ3v) is 4.16. The molecule has 0 spiro atoms. The van der Waals surface area contributed by atoms with Crippen LogP contribution < -0.4 is 14.2 Å². The second kappa shape index (κ2) is 8.01. The minimum absolute atomic E-state index is 0.213. The predicted molar refractivity (Wildman–Crippen MR) is 105 cm³/mol. The van der Waals surface area contributed by atoms with E-state index in [4.69, 9.17) is 26.4 Å². The third-order valence-electron chi connectivity index (χ3n) is 3.90. The van der Waals surface area contributed by atoms with E-state index in [0.717, 1.165) is 0 Å². The van der Waals surface area contributed by atoms with Gasteiger partial charge >= 0.3 is 0 Å². The van der Waals surface area contributed by atoms with E-state index in [0.29, 0.717) is 34.2 Å². The number of nitrogens with one attached hydrogen (secondary N) is 1. The van der Waals surface area contributed by atoms with E-state index in [2.05, 4.69) is 15.3 Å². The van der Waals surface area contributed by atoms with Gasteiger partial charge in [-0.1, -0.05) is 0 Å². The molecule has 0 fully saturated rings. The lowest BCUT2D eigenvalue weighted by Crippen LogP contribution is -1.99. The molecule has 9 nitrogen and oxygen atoms in total. The molecule has 10 heteroatoms. The van der Waals surface area contributed by atoms with Crippen LogP contribution in [0, 0.1) is 4.77 Å². The number of ether oxygens (including phenoxy) is 3. The van der Waals surface area contributed by atoms with Crippen LogP contribution in [0.1, 0.15) is 5.56 Å². The zero-order chi connectivity index (χ0) is 20.3. The number of phenolic OH excluding ortho intramolecular Hbond substituents is 2. The fraction of sp³-hybridized carbons (Fsp3) is 0.167. The molecule has 3 rings (SSSR count). The van der Waals surface area contributed by atoms with Gasteiger partial charge in [0.25, 0.3) is 0 Å². The van der Waals surface area contributed by atoms with Crippen LogP contribution in [0.15, 0.2) is 35.4 Å². The van der Waals surface area contributed by atoms with Crippen LogP contribution in [-0.4, -0.2) is 52.6 Å². The Bertz CT molecular complexity index is 1060. The fourth-order valence-corrected chi connectivity index (χ4v) is 2.72. The molecule has 0 amide bonds. The molecule has 1 heterocycles. The molecule has 28 heavy (non-hydrogen) atoms. The first-order valence-corrected chi connectivity index (χ1v) is 8.43. The molecule has 3 aromatic rings. The monoisotopic (exact) mass is 402 g/mol. The van der Waals surface area contributed by atoms with Gasteiger partial charge in [0.05, 0.1) is 27.5 Å². The highest BCUT2D eigenvalue weighted by molar-refractivity contribution is 7.71. The van der Waals surface area contributed by atoms with Crippen LogP contribution in [0.25, 0.3) is 11.4 Å². The van der Waals surface area contributed by atoms with Crippen LogP contribution >= 0.6 is 12.2 Å². The molecule has 146 valence electrons. The zero-order valence-electron chi connectivity index (χ0n) is 15.3. The molecule has 2 aromatic carbocycles. The van der Waals surface area contributed by atoms with Gasteiger partial charge in [-0.15, -0.1) is 0 Å². The molecule has 0 atom stereocenters. The number of nitrogens with zero attached hydrogens (tertiary/aromatic N) is 3. The second-order valence-electron chi connectivity index (χ2n) is 5.57. The molecule has 0 saturated heterocycles. The summed E-state index contributed by atoms with van der Waals surface area (Å²) in [4.78, 5) is 0.